The first kappa shape index (κ1) is 24.4. The Balaban J connectivity index is 1.36. The number of benzene rings is 2. The minimum absolute atomic E-state index is 0.213. The van der Waals surface area contributed by atoms with Crippen LogP contribution in [0.4, 0.5) is 13.2 Å². The van der Waals surface area contributed by atoms with Gasteiger partial charge in [-0.25, -0.2) is 0 Å². The molecule has 0 spiro atoms. The molecule has 33 heavy (non-hydrogen) atoms. The van der Waals surface area contributed by atoms with Gasteiger partial charge in [0, 0.05) is 28.9 Å². The summed E-state index contributed by atoms with van der Waals surface area (Å²) in [5.74, 6) is 0.699. The van der Waals surface area contributed by atoms with E-state index in [1.165, 1.54) is 12.1 Å². The summed E-state index contributed by atoms with van der Waals surface area (Å²) in [6, 6.07) is 12.9. The third kappa shape index (κ3) is 5.33. The second-order valence-corrected chi connectivity index (χ2v) is 9.94. The van der Waals surface area contributed by atoms with E-state index < -0.39 is 17.8 Å². The molecule has 2 aromatic carbocycles. The Morgan fingerprint density at radius 3 is 2.33 bits per heavy atom. The van der Waals surface area contributed by atoms with Crippen molar-refractivity contribution in [1.29, 1.82) is 0 Å². The number of piperidine rings is 1. The number of hydrogen-bond acceptors (Lipinski definition) is 3. The van der Waals surface area contributed by atoms with E-state index in [-0.39, 0.29) is 17.4 Å². The van der Waals surface area contributed by atoms with E-state index in [0.717, 1.165) is 56.3 Å². The third-order valence-electron chi connectivity index (χ3n) is 7.63. The van der Waals surface area contributed by atoms with Crippen LogP contribution in [-0.4, -0.2) is 41.8 Å². The van der Waals surface area contributed by atoms with Crippen molar-refractivity contribution in [1.82, 2.24) is 4.90 Å². The lowest BCUT2D eigenvalue weighted by atomic mass is 9.61. The maximum absolute atomic E-state index is 12.8. The second-order valence-electron chi connectivity index (χ2n) is 9.50. The van der Waals surface area contributed by atoms with E-state index in [2.05, 4.69) is 11.8 Å². The summed E-state index contributed by atoms with van der Waals surface area (Å²) < 4.78 is 44.1. The van der Waals surface area contributed by atoms with Crippen LogP contribution in [0.2, 0.25) is 5.02 Å². The fraction of sp³-hybridized carbons (Fsp3) is 0.538. The summed E-state index contributed by atoms with van der Waals surface area (Å²) >= 11 is 6.06. The largest absolute Gasteiger partial charge is 0.493 e. The molecule has 3 nitrogen and oxygen atoms in total. The summed E-state index contributed by atoms with van der Waals surface area (Å²) in [6.45, 7) is 4.12. The Morgan fingerprint density at radius 2 is 1.76 bits per heavy atom. The number of alkyl halides is 3. The predicted molar refractivity (Wildman–Crippen MR) is 124 cm³/mol. The molecule has 1 aliphatic carbocycles. The average Bonchev–Trinajstić information content (AvgIpc) is 2.74. The highest BCUT2D eigenvalue weighted by atomic mass is 35.5. The fourth-order valence-corrected chi connectivity index (χ4v) is 5.40. The van der Waals surface area contributed by atoms with Crippen molar-refractivity contribution in [3.63, 3.8) is 0 Å². The molecule has 2 aromatic rings. The maximum atomic E-state index is 12.8. The Hall–Kier alpha value is -1.76. The van der Waals surface area contributed by atoms with Crippen LogP contribution < -0.4 is 4.74 Å². The number of aliphatic hydroxyl groups excluding tert-OH is 1. The molecule has 1 heterocycles. The monoisotopic (exact) mass is 481 g/mol. The van der Waals surface area contributed by atoms with Gasteiger partial charge in [0.1, 0.15) is 5.75 Å². The molecule has 0 radical (unpaired) electrons. The highest BCUT2D eigenvalue weighted by Crippen LogP contribution is 2.47. The number of nitrogens with zero attached hydrogens (tertiary/aromatic N) is 1. The standard InChI is InChI=1S/C26H31ClF3NO2/c1-18-19(17-33-23-11-7-21(8-12-23)26(28,29)30)4-2-15-31(18)16-24(32)25(13-3-14-25)20-5-9-22(27)10-6-20/h5-12,18-19,24,32H,2-4,13-17H2,1H3/t18-,19?,24?/m1/s1. The molecule has 2 unspecified atom stereocenters. The minimum Gasteiger partial charge on any atom is -0.493 e. The van der Waals surface area contributed by atoms with E-state index in [4.69, 9.17) is 16.3 Å². The van der Waals surface area contributed by atoms with Crippen molar-refractivity contribution in [2.45, 2.75) is 62.8 Å². The van der Waals surface area contributed by atoms with Gasteiger partial charge in [-0.2, -0.15) is 13.2 Å². The Morgan fingerprint density at radius 1 is 1.09 bits per heavy atom. The molecular formula is C26H31ClF3NO2. The van der Waals surface area contributed by atoms with Crippen LogP contribution in [-0.2, 0) is 11.6 Å². The van der Waals surface area contributed by atoms with Crippen LogP contribution in [0.5, 0.6) is 5.75 Å². The van der Waals surface area contributed by atoms with Crippen LogP contribution in [0.25, 0.3) is 0 Å². The van der Waals surface area contributed by atoms with Crippen molar-refractivity contribution in [3.8, 4) is 5.75 Å². The second kappa shape index (κ2) is 9.85. The number of hydrogen-bond donors (Lipinski definition) is 1. The molecule has 180 valence electrons. The van der Waals surface area contributed by atoms with Crippen LogP contribution in [0.15, 0.2) is 48.5 Å². The van der Waals surface area contributed by atoms with Crippen LogP contribution in [0.3, 0.4) is 0 Å². The first-order valence-electron chi connectivity index (χ1n) is 11.7. The summed E-state index contributed by atoms with van der Waals surface area (Å²) in [5.41, 5.74) is 0.262. The zero-order valence-electron chi connectivity index (χ0n) is 18.8. The quantitative estimate of drug-likeness (QED) is 0.502. The van der Waals surface area contributed by atoms with Crippen LogP contribution in [0.1, 0.15) is 50.2 Å². The maximum Gasteiger partial charge on any atom is 0.416 e. The number of ether oxygens (including phenoxy) is 1. The molecule has 4 rings (SSSR count). The number of β-amino-alcohol motifs (C(OH)–C–C–N with tert-alkyl or cyclic N) is 1. The summed E-state index contributed by atoms with van der Waals surface area (Å²) in [5, 5.41) is 12.0. The van der Waals surface area contributed by atoms with Crippen molar-refractivity contribution in [3.05, 3.63) is 64.7 Å². The van der Waals surface area contributed by atoms with E-state index in [1.807, 2.05) is 24.3 Å². The van der Waals surface area contributed by atoms with E-state index in [1.54, 1.807) is 0 Å². The smallest absolute Gasteiger partial charge is 0.416 e. The van der Waals surface area contributed by atoms with Gasteiger partial charge in [0.05, 0.1) is 18.3 Å². The molecule has 1 saturated carbocycles. The van der Waals surface area contributed by atoms with Gasteiger partial charge >= 0.3 is 6.18 Å². The van der Waals surface area contributed by atoms with Gasteiger partial charge in [0.15, 0.2) is 0 Å². The lowest BCUT2D eigenvalue weighted by Crippen LogP contribution is -2.55. The SMILES string of the molecule is C[C@@H]1C(COc2ccc(C(F)(F)F)cc2)CCCN1CC(O)C1(c2ccc(Cl)cc2)CCC1. The van der Waals surface area contributed by atoms with Gasteiger partial charge < -0.3 is 9.84 Å². The lowest BCUT2D eigenvalue weighted by Gasteiger charge is -2.49. The minimum atomic E-state index is -4.35. The van der Waals surface area contributed by atoms with E-state index >= 15 is 0 Å². The first-order chi connectivity index (χ1) is 15.7. The van der Waals surface area contributed by atoms with E-state index in [0.29, 0.717) is 23.9 Å². The molecule has 0 bridgehead atoms. The van der Waals surface area contributed by atoms with Gasteiger partial charge in [0.2, 0.25) is 0 Å². The lowest BCUT2D eigenvalue weighted by molar-refractivity contribution is -0.137. The van der Waals surface area contributed by atoms with Gasteiger partial charge in [-0.1, -0.05) is 30.2 Å². The highest BCUT2D eigenvalue weighted by molar-refractivity contribution is 6.30. The average molecular weight is 482 g/mol. The molecule has 1 N–H and O–H groups in total. The summed E-state index contributed by atoms with van der Waals surface area (Å²) in [7, 11) is 0. The number of likely N-dealkylation sites (tertiary alicyclic amines) is 1. The molecule has 3 atom stereocenters. The Labute approximate surface area is 198 Å². The van der Waals surface area contributed by atoms with Crippen molar-refractivity contribution < 1.29 is 23.0 Å². The topological polar surface area (TPSA) is 32.7 Å². The first-order valence-corrected chi connectivity index (χ1v) is 12.0. The van der Waals surface area contributed by atoms with Crippen molar-refractivity contribution in [2.75, 3.05) is 19.7 Å². The highest BCUT2D eigenvalue weighted by Gasteiger charge is 2.46. The Bertz CT molecular complexity index is 913. The molecule has 2 fully saturated rings. The number of aliphatic hydroxyl groups is 1. The predicted octanol–water partition coefficient (Wildman–Crippen LogP) is 6.32. The molecule has 7 heteroatoms. The van der Waals surface area contributed by atoms with Gasteiger partial charge in [-0.3, -0.25) is 4.90 Å². The summed E-state index contributed by atoms with van der Waals surface area (Å²) in [4.78, 5) is 2.34. The Kier molecular flexibility index (Phi) is 7.27. The summed E-state index contributed by atoms with van der Waals surface area (Å²) in [6.07, 6.45) is 0.240. The molecular weight excluding hydrogens is 451 g/mol. The number of rotatable bonds is 7. The zero-order chi connectivity index (χ0) is 23.6. The molecule has 0 amide bonds. The normalized spacial score (nSPS) is 24.2. The van der Waals surface area contributed by atoms with Gasteiger partial charge in [0.25, 0.3) is 0 Å². The molecule has 2 aliphatic rings. The van der Waals surface area contributed by atoms with Crippen LogP contribution >= 0.6 is 11.6 Å². The molecule has 1 aliphatic heterocycles. The van der Waals surface area contributed by atoms with Crippen LogP contribution in [0, 0.1) is 5.92 Å². The zero-order valence-corrected chi connectivity index (χ0v) is 19.6. The van der Waals surface area contributed by atoms with Crippen molar-refractivity contribution in [2.24, 2.45) is 5.92 Å². The number of halogens is 4. The van der Waals surface area contributed by atoms with Gasteiger partial charge in [-0.05, 0) is 81.1 Å². The molecule has 0 aromatic heterocycles. The van der Waals surface area contributed by atoms with Crippen molar-refractivity contribution >= 4 is 11.6 Å². The third-order valence-corrected chi connectivity index (χ3v) is 7.89. The fourth-order valence-electron chi connectivity index (χ4n) is 5.27. The van der Waals surface area contributed by atoms with E-state index in [9.17, 15) is 18.3 Å². The van der Waals surface area contributed by atoms with Gasteiger partial charge in [-0.15, -0.1) is 0 Å². The molecule has 1 saturated heterocycles.